The van der Waals surface area contributed by atoms with Gasteiger partial charge in [-0.2, -0.15) is 0 Å². The molecule has 2 aliphatic rings. The number of hydrogen-bond donors (Lipinski definition) is 0. The second-order valence-corrected chi connectivity index (χ2v) is 3.76. The van der Waals surface area contributed by atoms with Gasteiger partial charge in [0.25, 0.3) is 5.92 Å². The van der Waals surface area contributed by atoms with Crippen LogP contribution in [0.15, 0.2) is 4.99 Å². The minimum atomic E-state index is -2.67. The molecule has 0 amide bonds. The summed E-state index contributed by atoms with van der Waals surface area (Å²) >= 11 is 0. The van der Waals surface area contributed by atoms with Gasteiger partial charge in [0.2, 0.25) is 0 Å². The van der Waals surface area contributed by atoms with Gasteiger partial charge >= 0.3 is 0 Å². The Hall–Kier alpha value is -0.670. The maximum atomic E-state index is 13.4. The summed E-state index contributed by atoms with van der Waals surface area (Å²) in [6, 6.07) is -0.921. The number of fused-ring (bicyclic) bond motifs is 1. The van der Waals surface area contributed by atoms with Crippen molar-refractivity contribution in [2.75, 3.05) is 0 Å². The van der Waals surface area contributed by atoms with Crippen molar-refractivity contribution in [3.8, 4) is 0 Å². The maximum Gasteiger partial charge on any atom is 0.273 e. The second-order valence-electron chi connectivity index (χ2n) is 3.76. The molecule has 0 saturated heterocycles. The Bertz CT molecular complexity index is 240. The summed E-state index contributed by atoms with van der Waals surface area (Å²) in [5.74, 6) is -2.25. The third kappa shape index (κ3) is 1.54. The van der Waals surface area contributed by atoms with Gasteiger partial charge in [0, 0.05) is 13.3 Å². The first kappa shape index (κ1) is 8.91. The fraction of sp³-hybridized carbons (Fsp3) is 0.889. The van der Waals surface area contributed by atoms with E-state index >= 15 is 0 Å². The standard InChI is InChI=1S/C9H13F2NO/c1-6-12-8-7(13-6)4-2-3-5-9(8,10)11/h7-8H,2-5H2,1H3. The summed E-state index contributed by atoms with van der Waals surface area (Å²) in [7, 11) is 0. The number of halogens is 2. The largest absolute Gasteiger partial charge is 0.475 e. The molecule has 2 unspecified atom stereocenters. The van der Waals surface area contributed by atoms with Crippen molar-refractivity contribution in [3.63, 3.8) is 0 Å². The summed E-state index contributed by atoms with van der Waals surface area (Å²) in [4.78, 5) is 3.87. The lowest BCUT2D eigenvalue weighted by Crippen LogP contribution is -2.37. The van der Waals surface area contributed by atoms with Gasteiger partial charge in [-0.25, -0.2) is 13.8 Å². The normalized spacial score (nSPS) is 37.3. The fourth-order valence-electron chi connectivity index (χ4n) is 2.03. The van der Waals surface area contributed by atoms with Crippen molar-refractivity contribution in [2.45, 2.75) is 50.7 Å². The minimum Gasteiger partial charge on any atom is -0.475 e. The molecule has 1 saturated carbocycles. The van der Waals surface area contributed by atoms with E-state index < -0.39 is 12.0 Å². The maximum absolute atomic E-state index is 13.4. The van der Waals surface area contributed by atoms with Crippen LogP contribution in [0.1, 0.15) is 32.6 Å². The molecule has 0 spiro atoms. The summed E-state index contributed by atoms with van der Waals surface area (Å²) in [5, 5.41) is 0. The highest BCUT2D eigenvalue weighted by Gasteiger charge is 2.49. The van der Waals surface area contributed by atoms with Crippen molar-refractivity contribution < 1.29 is 13.5 Å². The molecule has 4 heteroatoms. The van der Waals surface area contributed by atoms with Gasteiger partial charge in [-0.05, 0) is 19.3 Å². The number of alkyl halides is 2. The van der Waals surface area contributed by atoms with Crippen molar-refractivity contribution in [1.82, 2.24) is 0 Å². The third-order valence-corrected chi connectivity index (χ3v) is 2.68. The van der Waals surface area contributed by atoms with Crippen LogP contribution in [-0.2, 0) is 4.74 Å². The van der Waals surface area contributed by atoms with Gasteiger partial charge in [-0.3, -0.25) is 0 Å². The topological polar surface area (TPSA) is 21.6 Å². The average molecular weight is 189 g/mol. The van der Waals surface area contributed by atoms with Gasteiger partial charge in [0.1, 0.15) is 6.10 Å². The van der Waals surface area contributed by atoms with E-state index in [0.717, 1.165) is 6.42 Å². The number of ether oxygens (including phenoxy) is 1. The number of rotatable bonds is 0. The fourth-order valence-corrected chi connectivity index (χ4v) is 2.03. The van der Waals surface area contributed by atoms with E-state index in [1.54, 1.807) is 6.92 Å². The molecule has 1 fully saturated rings. The number of aliphatic imine (C=N–C) groups is 1. The molecular weight excluding hydrogens is 176 g/mol. The van der Waals surface area contributed by atoms with E-state index in [9.17, 15) is 8.78 Å². The zero-order valence-electron chi connectivity index (χ0n) is 7.59. The molecule has 74 valence electrons. The van der Waals surface area contributed by atoms with Crippen LogP contribution in [0, 0.1) is 0 Å². The third-order valence-electron chi connectivity index (χ3n) is 2.68. The van der Waals surface area contributed by atoms with Crippen LogP contribution in [0.4, 0.5) is 8.78 Å². The van der Waals surface area contributed by atoms with Gasteiger partial charge < -0.3 is 4.74 Å². The number of hydrogen-bond acceptors (Lipinski definition) is 2. The second kappa shape index (κ2) is 2.93. The predicted octanol–water partition coefficient (Wildman–Crippen LogP) is 2.38. The summed E-state index contributed by atoms with van der Waals surface area (Å²) in [5.41, 5.74) is 0. The van der Waals surface area contributed by atoms with Crippen LogP contribution >= 0.6 is 0 Å². The van der Waals surface area contributed by atoms with Crippen LogP contribution in [0.5, 0.6) is 0 Å². The summed E-state index contributed by atoms with van der Waals surface area (Å²) < 4.78 is 32.1. The molecule has 2 atom stereocenters. The van der Waals surface area contributed by atoms with E-state index in [2.05, 4.69) is 4.99 Å². The van der Waals surface area contributed by atoms with Crippen LogP contribution < -0.4 is 0 Å². The first-order chi connectivity index (χ1) is 6.09. The molecule has 0 bridgehead atoms. The zero-order valence-corrected chi connectivity index (χ0v) is 7.59. The molecule has 2 nitrogen and oxygen atoms in total. The van der Waals surface area contributed by atoms with E-state index in [1.165, 1.54) is 0 Å². The molecule has 1 heterocycles. The Morgan fingerprint density at radius 1 is 1.46 bits per heavy atom. The molecule has 1 aliphatic heterocycles. The highest BCUT2D eigenvalue weighted by molar-refractivity contribution is 5.75. The smallest absolute Gasteiger partial charge is 0.273 e. The molecule has 13 heavy (non-hydrogen) atoms. The highest BCUT2D eigenvalue weighted by Crippen LogP contribution is 2.38. The molecule has 2 rings (SSSR count). The van der Waals surface area contributed by atoms with Gasteiger partial charge in [-0.1, -0.05) is 0 Å². The molecule has 0 aromatic rings. The molecular formula is C9H13F2NO. The van der Waals surface area contributed by atoms with Crippen molar-refractivity contribution >= 4 is 5.90 Å². The Balaban J connectivity index is 2.22. The lowest BCUT2D eigenvalue weighted by molar-refractivity contribution is -0.0490. The SMILES string of the molecule is CC1=NC2C(CCCCC2(F)F)O1. The van der Waals surface area contributed by atoms with Crippen LogP contribution in [-0.4, -0.2) is 24.0 Å². The lowest BCUT2D eigenvalue weighted by atomic mass is 10.0. The number of nitrogens with zero attached hydrogens (tertiary/aromatic N) is 1. The predicted molar refractivity (Wildman–Crippen MR) is 45.2 cm³/mol. The van der Waals surface area contributed by atoms with Gasteiger partial charge in [0.15, 0.2) is 11.9 Å². The summed E-state index contributed by atoms with van der Waals surface area (Å²) in [6.45, 7) is 1.64. The van der Waals surface area contributed by atoms with Crippen molar-refractivity contribution in [2.24, 2.45) is 4.99 Å². The quantitative estimate of drug-likeness (QED) is 0.573. The highest BCUT2D eigenvalue weighted by atomic mass is 19.3. The van der Waals surface area contributed by atoms with E-state index in [0.29, 0.717) is 18.7 Å². The van der Waals surface area contributed by atoms with E-state index in [1.807, 2.05) is 0 Å². The molecule has 0 N–H and O–H groups in total. The Morgan fingerprint density at radius 2 is 2.23 bits per heavy atom. The van der Waals surface area contributed by atoms with Gasteiger partial charge in [0.05, 0.1) is 0 Å². The van der Waals surface area contributed by atoms with Crippen molar-refractivity contribution in [1.29, 1.82) is 0 Å². The molecule has 1 aliphatic carbocycles. The van der Waals surface area contributed by atoms with Crippen LogP contribution in [0.25, 0.3) is 0 Å². The average Bonchev–Trinajstić information content (AvgIpc) is 2.36. The molecule has 0 aromatic heterocycles. The monoisotopic (exact) mass is 189 g/mol. The summed E-state index contributed by atoms with van der Waals surface area (Å²) in [6.07, 6.45) is 1.69. The Kier molecular flexibility index (Phi) is 2.00. The first-order valence-corrected chi connectivity index (χ1v) is 4.68. The van der Waals surface area contributed by atoms with Gasteiger partial charge in [-0.15, -0.1) is 0 Å². The van der Waals surface area contributed by atoms with Crippen LogP contribution in [0.3, 0.4) is 0 Å². The Labute approximate surface area is 76.0 Å². The van der Waals surface area contributed by atoms with E-state index in [4.69, 9.17) is 4.74 Å². The molecule has 0 radical (unpaired) electrons. The van der Waals surface area contributed by atoms with Crippen molar-refractivity contribution in [3.05, 3.63) is 0 Å². The lowest BCUT2D eigenvalue weighted by Gasteiger charge is -2.21. The zero-order chi connectivity index (χ0) is 9.47. The van der Waals surface area contributed by atoms with E-state index in [-0.39, 0.29) is 12.5 Å². The van der Waals surface area contributed by atoms with Crippen LogP contribution in [0.2, 0.25) is 0 Å². The minimum absolute atomic E-state index is 0.0473. The molecule has 0 aromatic carbocycles. The Morgan fingerprint density at radius 3 is 3.00 bits per heavy atom. The first-order valence-electron chi connectivity index (χ1n) is 4.68.